The van der Waals surface area contributed by atoms with Crippen molar-refractivity contribution in [3.05, 3.63) is 59.9 Å². The van der Waals surface area contributed by atoms with Crippen molar-refractivity contribution in [3.63, 3.8) is 0 Å². The van der Waals surface area contributed by atoms with E-state index < -0.39 is 9.84 Å². The lowest BCUT2D eigenvalue weighted by Gasteiger charge is -2.06. The third kappa shape index (κ3) is 3.64. The van der Waals surface area contributed by atoms with Crippen LogP contribution in [0.4, 0.5) is 0 Å². The van der Waals surface area contributed by atoms with E-state index in [0.717, 1.165) is 11.8 Å². The normalized spacial score (nSPS) is 11.1. The third-order valence-electron chi connectivity index (χ3n) is 2.72. The van der Waals surface area contributed by atoms with Crippen LogP contribution in [-0.2, 0) is 16.4 Å². The smallest absolute Gasteiger partial charge is 0.251 e. The van der Waals surface area contributed by atoms with Gasteiger partial charge < -0.3 is 5.32 Å². The largest absolute Gasteiger partial charge is 0.348 e. The van der Waals surface area contributed by atoms with Crippen LogP contribution in [0.3, 0.4) is 0 Å². The highest BCUT2D eigenvalue weighted by Crippen LogP contribution is 2.11. The molecule has 0 bridgehead atoms. The van der Waals surface area contributed by atoms with E-state index in [1.54, 1.807) is 42.7 Å². The summed E-state index contributed by atoms with van der Waals surface area (Å²) in [5.74, 6) is -0.225. The number of carbonyl (C=O) groups excluding carboxylic acids is 1. The van der Waals surface area contributed by atoms with Gasteiger partial charge in [0.05, 0.1) is 4.90 Å². The van der Waals surface area contributed by atoms with Gasteiger partial charge in [0.2, 0.25) is 0 Å². The van der Waals surface area contributed by atoms with E-state index in [1.165, 1.54) is 6.07 Å². The number of amides is 1. The third-order valence-corrected chi connectivity index (χ3v) is 3.83. The Balaban J connectivity index is 2.07. The standard InChI is InChI=1S/C14H14N2O3S/c1-20(18,19)13-4-2-3-11(9-13)10-16-14(17)12-5-7-15-8-6-12/h2-9H,10H2,1H3,(H,16,17). The van der Waals surface area contributed by atoms with Gasteiger partial charge in [-0.2, -0.15) is 0 Å². The summed E-state index contributed by atoms with van der Waals surface area (Å²) in [5.41, 5.74) is 1.24. The minimum Gasteiger partial charge on any atom is -0.348 e. The Hall–Kier alpha value is -2.21. The SMILES string of the molecule is CS(=O)(=O)c1cccc(CNC(=O)c2ccncc2)c1. The van der Waals surface area contributed by atoms with Crippen LogP contribution in [0.5, 0.6) is 0 Å². The maximum Gasteiger partial charge on any atom is 0.251 e. The lowest BCUT2D eigenvalue weighted by atomic mass is 10.2. The summed E-state index contributed by atoms with van der Waals surface area (Å²) >= 11 is 0. The molecule has 104 valence electrons. The van der Waals surface area contributed by atoms with Gasteiger partial charge in [-0.05, 0) is 29.8 Å². The Kier molecular flexibility index (Phi) is 4.14. The van der Waals surface area contributed by atoms with Crippen molar-refractivity contribution in [2.75, 3.05) is 6.26 Å². The molecule has 0 spiro atoms. The molecule has 0 saturated carbocycles. The molecule has 5 nitrogen and oxygen atoms in total. The number of sulfone groups is 1. The summed E-state index contributed by atoms with van der Waals surface area (Å²) in [6.45, 7) is 0.268. The summed E-state index contributed by atoms with van der Waals surface area (Å²) in [6.07, 6.45) is 4.24. The molecule has 0 unspecified atom stereocenters. The maximum atomic E-state index is 11.8. The number of nitrogens with zero attached hydrogens (tertiary/aromatic N) is 1. The van der Waals surface area contributed by atoms with Gasteiger partial charge in [0.1, 0.15) is 0 Å². The Bertz CT molecular complexity index is 712. The van der Waals surface area contributed by atoms with Gasteiger partial charge in [0.15, 0.2) is 9.84 Å². The Morgan fingerprint density at radius 1 is 1.20 bits per heavy atom. The molecular formula is C14H14N2O3S. The zero-order chi connectivity index (χ0) is 14.6. The second-order valence-corrected chi connectivity index (χ2v) is 6.35. The van der Waals surface area contributed by atoms with Crippen LogP contribution in [-0.4, -0.2) is 25.6 Å². The highest BCUT2D eigenvalue weighted by molar-refractivity contribution is 7.90. The Morgan fingerprint density at radius 2 is 1.90 bits per heavy atom. The van der Waals surface area contributed by atoms with Crippen molar-refractivity contribution in [2.24, 2.45) is 0 Å². The lowest BCUT2D eigenvalue weighted by molar-refractivity contribution is 0.0951. The highest BCUT2D eigenvalue weighted by atomic mass is 32.2. The zero-order valence-electron chi connectivity index (χ0n) is 10.9. The molecule has 1 heterocycles. The Labute approximate surface area is 117 Å². The molecule has 0 aliphatic heterocycles. The number of pyridine rings is 1. The molecule has 0 aliphatic carbocycles. The summed E-state index contributed by atoms with van der Waals surface area (Å²) in [6, 6.07) is 9.74. The zero-order valence-corrected chi connectivity index (χ0v) is 11.7. The minimum absolute atomic E-state index is 0.225. The van der Waals surface area contributed by atoms with Gasteiger partial charge in [-0.15, -0.1) is 0 Å². The highest BCUT2D eigenvalue weighted by Gasteiger charge is 2.08. The fourth-order valence-corrected chi connectivity index (χ4v) is 2.36. The van der Waals surface area contributed by atoms with Gasteiger partial charge in [-0.25, -0.2) is 8.42 Å². The number of carbonyl (C=O) groups is 1. The molecule has 0 saturated heterocycles. The van der Waals surface area contributed by atoms with Crippen molar-refractivity contribution < 1.29 is 13.2 Å². The van der Waals surface area contributed by atoms with Crippen molar-refractivity contribution >= 4 is 15.7 Å². The second kappa shape index (κ2) is 5.83. The van der Waals surface area contributed by atoms with Crippen molar-refractivity contribution in [1.82, 2.24) is 10.3 Å². The van der Waals surface area contributed by atoms with Crippen molar-refractivity contribution in [3.8, 4) is 0 Å². The van der Waals surface area contributed by atoms with E-state index in [9.17, 15) is 13.2 Å². The predicted octanol–water partition coefficient (Wildman–Crippen LogP) is 1.42. The van der Waals surface area contributed by atoms with Gasteiger partial charge in [-0.3, -0.25) is 9.78 Å². The quantitative estimate of drug-likeness (QED) is 0.924. The van der Waals surface area contributed by atoms with Gasteiger partial charge in [-0.1, -0.05) is 12.1 Å². The van der Waals surface area contributed by atoms with E-state index >= 15 is 0 Å². The molecular weight excluding hydrogens is 276 g/mol. The first-order chi connectivity index (χ1) is 9.47. The molecule has 1 aromatic carbocycles. The molecule has 0 fully saturated rings. The van der Waals surface area contributed by atoms with Crippen LogP contribution in [0.2, 0.25) is 0 Å². The van der Waals surface area contributed by atoms with Gasteiger partial charge in [0, 0.05) is 30.8 Å². The van der Waals surface area contributed by atoms with Crippen molar-refractivity contribution in [2.45, 2.75) is 11.4 Å². The summed E-state index contributed by atoms with van der Waals surface area (Å²) in [5, 5.41) is 2.73. The molecule has 1 amide bonds. The molecule has 2 aromatic rings. The van der Waals surface area contributed by atoms with E-state index in [2.05, 4.69) is 10.3 Å². The molecule has 20 heavy (non-hydrogen) atoms. The predicted molar refractivity (Wildman–Crippen MR) is 75.0 cm³/mol. The molecule has 6 heteroatoms. The van der Waals surface area contributed by atoms with Crippen molar-refractivity contribution in [1.29, 1.82) is 0 Å². The van der Waals surface area contributed by atoms with E-state index in [1.807, 2.05) is 0 Å². The van der Waals surface area contributed by atoms with Crippen LogP contribution in [0.15, 0.2) is 53.7 Å². The maximum absolute atomic E-state index is 11.8. The van der Waals surface area contributed by atoms with E-state index in [-0.39, 0.29) is 17.3 Å². The van der Waals surface area contributed by atoms with Gasteiger partial charge in [0.25, 0.3) is 5.91 Å². The number of rotatable bonds is 4. The van der Waals surface area contributed by atoms with Crippen LogP contribution >= 0.6 is 0 Å². The first-order valence-corrected chi connectivity index (χ1v) is 7.83. The molecule has 2 rings (SSSR count). The van der Waals surface area contributed by atoms with E-state index in [0.29, 0.717) is 5.56 Å². The molecule has 1 aromatic heterocycles. The van der Waals surface area contributed by atoms with Gasteiger partial charge >= 0.3 is 0 Å². The Morgan fingerprint density at radius 3 is 2.55 bits per heavy atom. The fraction of sp³-hybridized carbons (Fsp3) is 0.143. The first kappa shape index (κ1) is 14.2. The van der Waals surface area contributed by atoms with Crippen LogP contribution < -0.4 is 5.32 Å². The number of hydrogen-bond acceptors (Lipinski definition) is 4. The first-order valence-electron chi connectivity index (χ1n) is 5.94. The number of benzene rings is 1. The molecule has 0 radical (unpaired) electrons. The van der Waals surface area contributed by atoms with E-state index in [4.69, 9.17) is 0 Å². The lowest BCUT2D eigenvalue weighted by Crippen LogP contribution is -2.22. The molecule has 0 atom stereocenters. The van der Waals surface area contributed by atoms with Crippen LogP contribution in [0.25, 0.3) is 0 Å². The number of nitrogens with one attached hydrogen (secondary N) is 1. The summed E-state index contributed by atoms with van der Waals surface area (Å²) in [4.78, 5) is 15.9. The second-order valence-electron chi connectivity index (χ2n) is 4.34. The summed E-state index contributed by atoms with van der Waals surface area (Å²) < 4.78 is 22.9. The fourth-order valence-electron chi connectivity index (χ4n) is 1.67. The average Bonchev–Trinajstić information content (AvgIpc) is 2.45. The monoisotopic (exact) mass is 290 g/mol. The average molecular weight is 290 g/mol. The van der Waals surface area contributed by atoms with Crippen LogP contribution in [0, 0.1) is 0 Å². The number of aromatic nitrogens is 1. The number of hydrogen-bond donors (Lipinski definition) is 1. The van der Waals surface area contributed by atoms with Crippen LogP contribution in [0.1, 0.15) is 15.9 Å². The molecule has 0 aliphatic rings. The topological polar surface area (TPSA) is 76.1 Å². The minimum atomic E-state index is -3.24. The summed E-state index contributed by atoms with van der Waals surface area (Å²) in [7, 11) is -3.24. The molecule has 1 N–H and O–H groups in total.